The number of aromatic amines is 1. The predicted octanol–water partition coefficient (Wildman–Crippen LogP) is 2.55. The lowest BCUT2D eigenvalue weighted by Crippen LogP contribution is -2.40. The number of ether oxygens (including phenoxy) is 1. The predicted molar refractivity (Wildman–Crippen MR) is 77.4 cm³/mol. The van der Waals surface area contributed by atoms with Crippen molar-refractivity contribution in [1.82, 2.24) is 10.3 Å². The van der Waals surface area contributed by atoms with Gasteiger partial charge in [-0.1, -0.05) is 18.2 Å². The van der Waals surface area contributed by atoms with Crippen molar-refractivity contribution < 1.29 is 14.6 Å². The number of nitrogens with one attached hydrogen (secondary N) is 2. The summed E-state index contributed by atoms with van der Waals surface area (Å²) in [4.78, 5) is 14.7. The van der Waals surface area contributed by atoms with Gasteiger partial charge in [0.1, 0.15) is 11.8 Å². The summed E-state index contributed by atoms with van der Waals surface area (Å²) in [5.74, 6) is 0. The van der Waals surface area contributed by atoms with Gasteiger partial charge in [0.15, 0.2) is 0 Å². The molecule has 1 aromatic carbocycles. The number of carbonyl (C=O) groups is 1. The van der Waals surface area contributed by atoms with Gasteiger partial charge in [0.05, 0.1) is 0 Å². The quantitative estimate of drug-likeness (QED) is 0.754. The van der Waals surface area contributed by atoms with Crippen LogP contribution < -0.4 is 5.32 Å². The lowest BCUT2D eigenvalue weighted by Gasteiger charge is -2.21. The number of carbonyl (C=O) groups excluding carboxylic acids is 1. The minimum absolute atomic E-state index is 0.323. The van der Waals surface area contributed by atoms with Crippen LogP contribution in [0.1, 0.15) is 26.3 Å². The molecule has 0 spiro atoms. The fraction of sp³-hybridized carbons (Fsp3) is 0.400. The van der Waals surface area contributed by atoms with Crippen LogP contribution in [-0.2, 0) is 11.2 Å². The maximum Gasteiger partial charge on any atom is 0.409 e. The molecular weight excluding hydrogens is 256 g/mol. The van der Waals surface area contributed by atoms with E-state index in [0.717, 1.165) is 16.5 Å². The van der Waals surface area contributed by atoms with Gasteiger partial charge in [0.25, 0.3) is 0 Å². The highest BCUT2D eigenvalue weighted by Gasteiger charge is 2.19. The SMILES string of the molecule is CC(C)(C)OC(=O)NC(O)Cc1c[nH]c2ccccc12. The second kappa shape index (κ2) is 5.54. The summed E-state index contributed by atoms with van der Waals surface area (Å²) in [5.41, 5.74) is 1.38. The van der Waals surface area contributed by atoms with E-state index in [9.17, 15) is 9.90 Å². The number of alkyl carbamates (subject to hydrolysis) is 1. The number of aromatic nitrogens is 1. The average Bonchev–Trinajstić information content (AvgIpc) is 2.70. The maximum atomic E-state index is 11.6. The van der Waals surface area contributed by atoms with Gasteiger partial charge in [0.2, 0.25) is 0 Å². The number of hydrogen-bond acceptors (Lipinski definition) is 3. The van der Waals surface area contributed by atoms with E-state index in [-0.39, 0.29) is 0 Å². The summed E-state index contributed by atoms with van der Waals surface area (Å²) in [6.45, 7) is 5.33. The van der Waals surface area contributed by atoms with Crippen molar-refractivity contribution in [3.05, 3.63) is 36.0 Å². The fourth-order valence-electron chi connectivity index (χ4n) is 2.00. The third kappa shape index (κ3) is 3.74. The van der Waals surface area contributed by atoms with Crippen LogP contribution in [-0.4, -0.2) is 28.0 Å². The number of aliphatic hydroxyl groups excluding tert-OH is 1. The van der Waals surface area contributed by atoms with Gasteiger partial charge in [-0.3, -0.25) is 5.32 Å². The molecule has 0 aliphatic rings. The van der Waals surface area contributed by atoms with Crippen LogP contribution in [0.3, 0.4) is 0 Å². The van der Waals surface area contributed by atoms with E-state index in [1.54, 1.807) is 20.8 Å². The number of para-hydroxylation sites is 1. The third-order valence-corrected chi connectivity index (χ3v) is 2.77. The fourth-order valence-corrected chi connectivity index (χ4v) is 2.00. The zero-order chi connectivity index (χ0) is 14.8. The molecule has 0 saturated heterocycles. The number of hydrogen-bond donors (Lipinski definition) is 3. The minimum Gasteiger partial charge on any atom is -0.444 e. The Kier molecular flexibility index (Phi) is 3.99. The molecule has 5 nitrogen and oxygen atoms in total. The largest absolute Gasteiger partial charge is 0.444 e. The summed E-state index contributed by atoms with van der Waals surface area (Å²) in [6, 6.07) is 7.82. The van der Waals surface area contributed by atoms with Crippen LogP contribution in [0.15, 0.2) is 30.5 Å². The van der Waals surface area contributed by atoms with E-state index in [1.165, 1.54) is 0 Å². The van der Waals surface area contributed by atoms with Gasteiger partial charge in [-0.05, 0) is 32.4 Å². The minimum atomic E-state index is -0.982. The molecule has 0 radical (unpaired) electrons. The van der Waals surface area contributed by atoms with Gasteiger partial charge in [0, 0.05) is 23.5 Å². The molecule has 0 fully saturated rings. The molecule has 3 N–H and O–H groups in total. The maximum absolute atomic E-state index is 11.6. The zero-order valence-corrected chi connectivity index (χ0v) is 11.9. The Morgan fingerprint density at radius 2 is 2.10 bits per heavy atom. The highest BCUT2D eigenvalue weighted by Crippen LogP contribution is 2.18. The van der Waals surface area contributed by atoms with E-state index >= 15 is 0 Å². The molecule has 2 aromatic rings. The topological polar surface area (TPSA) is 74.3 Å². The number of fused-ring (bicyclic) bond motifs is 1. The van der Waals surface area contributed by atoms with Crippen LogP contribution in [0.2, 0.25) is 0 Å². The second-order valence-corrected chi connectivity index (χ2v) is 5.73. The van der Waals surface area contributed by atoms with E-state index in [0.29, 0.717) is 6.42 Å². The molecule has 108 valence electrons. The molecule has 0 bridgehead atoms. The third-order valence-electron chi connectivity index (χ3n) is 2.77. The standard InChI is InChI=1S/C15H20N2O3/c1-15(2,3)20-14(19)17-13(18)8-10-9-16-12-7-5-4-6-11(10)12/h4-7,9,13,16,18H,8H2,1-3H3,(H,17,19). The van der Waals surface area contributed by atoms with Crippen molar-refractivity contribution in [3.8, 4) is 0 Å². The molecule has 1 amide bonds. The number of benzene rings is 1. The average molecular weight is 276 g/mol. The Morgan fingerprint density at radius 1 is 1.40 bits per heavy atom. The van der Waals surface area contributed by atoms with Crippen molar-refractivity contribution in [2.75, 3.05) is 0 Å². The molecular formula is C15H20N2O3. The molecule has 1 aromatic heterocycles. The smallest absolute Gasteiger partial charge is 0.409 e. The van der Waals surface area contributed by atoms with Crippen LogP contribution in [0.4, 0.5) is 4.79 Å². The van der Waals surface area contributed by atoms with E-state index < -0.39 is 17.9 Å². The molecule has 2 rings (SSSR count). The Hall–Kier alpha value is -2.01. The molecule has 0 aliphatic carbocycles. The molecule has 20 heavy (non-hydrogen) atoms. The number of rotatable bonds is 3. The first-order valence-corrected chi connectivity index (χ1v) is 6.58. The molecule has 5 heteroatoms. The van der Waals surface area contributed by atoms with Crippen molar-refractivity contribution >= 4 is 17.0 Å². The summed E-state index contributed by atoms with van der Waals surface area (Å²) >= 11 is 0. The lowest BCUT2D eigenvalue weighted by atomic mass is 10.1. The highest BCUT2D eigenvalue weighted by atomic mass is 16.6. The summed E-state index contributed by atoms with van der Waals surface area (Å²) < 4.78 is 5.10. The molecule has 1 heterocycles. The summed E-state index contributed by atoms with van der Waals surface area (Å²) in [6.07, 6.45) is 0.558. The Balaban J connectivity index is 1.98. The Labute approximate surface area is 117 Å². The first kappa shape index (κ1) is 14.4. The van der Waals surface area contributed by atoms with E-state index in [2.05, 4.69) is 10.3 Å². The van der Waals surface area contributed by atoms with Crippen LogP contribution >= 0.6 is 0 Å². The van der Waals surface area contributed by atoms with Crippen LogP contribution in [0, 0.1) is 0 Å². The number of H-pyrrole nitrogens is 1. The lowest BCUT2D eigenvalue weighted by molar-refractivity contribution is 0.0360. The van der Waals surface area contributed by atoms with E-state index in [4.69, 9.17) is 4.74 Å². The summed E-state index contributed by atoms with van der Waals surface area (Å²) in [5, 5.41) is 13.4. The Bertz CT molecular complexity index is 598. The van der Waals surface area contributed by atoms with E-state index in [1.807, 2.05) is 30.5 Å². The summed E-state index contributed by atoms with van der Waals surface area (Å²) in [7, 11) is 0. The highest BCUT2D eigenvalue weighted by molar-refractivity contribution is 5.83. The van der Waals surface area contributed by atoms with Crippen LogP contribution in [0.5, 0.6) is 0 Å². The van der Waals surface area contributed by atoms with Gasteiger partial charge >= 0.3 is 6.09 Å². The van der Waals surface area contributed by atoms with Crippen molar-refractivity contribution in [1.29, 1.82) is 0 Å². The number of amides is 1. The molecule has 0 aliphatic heterocycles. The zero-order valence-electron chi connectivity index (χ0n) is 11.9. The normalized spacial score (nSPS) is 13.2. The van der Waals surface area contributed by atoms with Gasteiger partial charge in [-0.2, -0.15) is 0 Å². The second-order valence-electron chi connectivity index (χ2n) is 5.73. The molecule has 1 atom stereocenters. The van der Waals surface area contributed by atoms with Crippen molar-refractivity contribution in [2.24, 2.45) is 0 Å². The van der Waals surface area contributed by atoms with Gasteiger partial charge in [-0.15, -0.1) is 0 Å². The first-order valence-electron chi connectivity index (χ1n) is 6.58. The van der Waals surface area contributed by atoms with Crippen molar-refractivity contribution in [3.63, 3.8) is 0 Å². The van der Waals surface area contributed by atoms with Crippen molar-refractivity contribution in [2.45, 2.75) is 39.0 Å². The molecule has 1 unspecified atom stereocenters. The monoisotopic (exact) mass is 276 g/mol. The first-order chi connectivity index (χ1) is 9.35. The van der Waals surface area contributed by atoms with Crippen LogP contribution in [0.25, 0.3) is 10.9 Å². The Morgan fingerprint density at radius 3 is 2.80 bits per heavy atom. The molecule has 0 saturated carbocycles. The number of aliphatic hydroxyl groups is 1. The van der Waals surface area contributed by atoms with Gasteiger partial charge < -0.3 is 14.8 Å². The van der Waals surface area contributed by atoms with Gasteiger partial charge in [-0.25, -0.2) is 4.79 Å².